The molecule has 4 rings (SSSR count). The van der Waals surface area contributed by atoms with Crippen molar-refractivity contribution in [2.75, 3.05) is 0 Å². The van der Waals surface area contributed by atoms with Crippen LogP contribution < -0.4 is 5.56 Å². The van der Waals surface area contributed by atoms with Crippen molar-refractivity contribution in [2.24, 2.45) is 0 Å². The van der Waals surface area contributed by atoms with Crippen LogP contribution in [0.2, 0.25) is 0 Å². The molecule has 0 radical (unpaired) electrons. The molecule has 0 aromatic carbocycles. The second-order valence-corrected chi connectivity index (χ2v) is 7.40. The first-order chi connectivity index (χ1) is 11.1. The molecule has 3 aromatic rings. The standard InChI is InChI=1S/C14H12N4O3S2/c19-13-11-7-3-1-2-4-9(7)23-12(11)16-17-18(13)5-10-15-8(6-22-10)14(20)21/h6H,1-5H2,(H,20,21). The highest BCUT2D eigenvalue weighted by Crippen LogP contribution is 2.33. The minimum atomic E-state index is -1.08. The monoisotopic (exact) mass is 348 g/mol. The summed E-state index contributed by atoms with van der Waals surface area (Å²) in [5, 5.41) is 19.7. The normalized spacial score (nSPS) is 14.1. The summed E-state index contributed by atoms with van der Waals surface area (Å²) in [5.41, 5.74) is 0.941. The van der Waals surface area contributed by atoms with E-state index in [0.29, 0.717) is 15.2 Å². The van der Waals surface area contributed by atoms with Gasteiger partial charge in [0.15, 0.2) is 10.5 Å². The van der Waals surface area contributed by atoms with Crippen LogP contribution in [0.15, 0.2) is 10.2 Å². The quantitative estimate of drug-likeness (QED) is 0.777. The molecule has 118 valence electrons. The van der Waals surface area contributed by atoms with Gasteiger partial charge in [-0.05, 0) is 31.2 Å². The number of nitrogens with zero attached hydrogens (tertiary/aromatic N) is 4. The lowest BCUT2D eigenvalue weighted by Gasteiger charge is -2.09. The van der Waals surface area contributed by atoms with E-state index in [1.54, 1.807) is 11.3 Å². The fourth-order valence-corrected chi connectivity index (χ4v) is 4.77. The first-order valence-electron chi connectivity index (χ1n) is 7.19. The zero-order valence-electron chi connectivity index (χ0n) is 12.0. The lowest BCUT2D eigenvalue weighted by atomic mass is 9.97. The molecule has 3 aromatic heterocycles. The Kier molecular flexibility index (Phi) is 3.46. The number of carboxylic acid groups (broad SMARTS) is 1. The lowest BCUT2D eigenvalue weighted by molar-refractivity contribution is 0.0691. The van der Waals surface area contributed by atoms with Gasteiger partial charge in [-0.2, -0.15) is 0 Å². The minimum absolute atomic E-state index is 0.0139. The third kappa shape index (κ3) is 2.45. The second kappa shape index (κ2) is 5.50. The van der Waals surface area contributed by atoms with Crippen molar-refractivity contribution >= 4 is 38.9 Å². The van der Waals surface area contributed by atoms with Gasteiger partial charge < -0.3 is 5.11 Å². The summed E-state index contributed by atoms with van der Waals surface area (Å²) in [7, 11) is 0. The molecule has 0 amide bonds. The van der Waals surface area contributed by atoms with E-state index in [1.165, 1.54) is 26.3 Å². The lowest BCUT2D eigenvalue weighted by Crippen LogP contribution is -2.25. The summed E-state index contributed by atoms with van der Waals surface area (Å²) in [6.07, 6.45) is 4.16. The number of fused-ring (bicyclic) bond motifs is 3. The van der Waals surface area contributed by atoms with Crippen molar-refractivity contribution in [3.8, 4) is 0 Å². The summed E-state index contributed by atoms with van der Waals surface area (Å²) in [6, 6.07) is 0. The largest absolute Gasteiger partial charge is 0.476 e. The summed E-state index contributed by atoms with van der Waals surface area (Å²) < 4.78 is 1.27. The van der Waals surface area contributed by atoms with E-state index in [9.17, 15) is 9.59 Å². The third-order valence-electron chi connectivity index (χ3n) is 3.90. The molecular formula is C14H12N4O3S2. The van der Waals surface area contributed by atoms with Gasteiger partial charge >= 0.3 is 5.97 Å². The van der Waals surface area contributed by atoms with E-state index in [4.69, 9.17) is 5.11 Å². The van der Waals surface area contributed by atoms with Crippen LogP contribution in [0.25, 0.3) is 10.2 Å². The molecule has 1 aliphatic rings. The average Bonchev–Trinajstić information content (AvgIpc) is 3.14. The van der Waals surface area contributed by atoms with Crippen LogP contribution in [0, 0.1) is 0 Å². The first-order valence-corrected chi connectivity index (χ1v) is 8.89. The fourth-order valence-electron chi connectivity index (χ4n) is 2.82. The van der Waals surface area contributed by atoms with Gasteiger partial charge in [-0.25, -0.2) is 14.5 Å². The minimum Gasteiger partial charge on any atom is -0.476 e. The predicted octanol–water partition coefficient (Wildman–Crippen LogP) is 1.93. The number of thiazole rings is 1. The first kappa shape index (κ1) is 14.5. The molecule has 0 fully saturated rings. The van der Waals surface area contributed by atoms with E-state index >= 15 is 0 Å². The van der Waals surface area contributed by atoms with Gasteiger partial charge in [-0.3, -0.25) is 4.79 Å². The van der Waals surface area contributed by atoms with Gasteiger partial charge in [0.1, 0.15) is 5.01 Å². The number of aromatic nitrogens is 4. The highest BCUT2D eigenvalue weighted by Gasteiger charge is 2.21. The number of aromatic carboxylic acids is 1. The van der Waals surface area contributed by atoms with Crippen molar-refractivity contribution in [3.05, 3.63) is 36.9 Å². The Morgan fingerprint density at radius 3 is 2.96 bits per heavy atom. The molecule has 0 saturated heterocycles. The number of hydrogen-bond donors (Lipinski definition) is 1. The average molecular weight is 348 g/mol. The van der Waals surface area contributed by atoms with E-state index < -0.39 is 5.97 Å². The predicted molar refractivity (Wildman–Crippen MR) is 86.5 cm³/mol. The summed E-state index contributed by atoms with van der Waals surface area (Å²) in [6.45, 7) is 0.143. The number of thiophene rings is 1. The van der Waals surface area contributed by atoms with E-state index in [2.05, 4.69) is 15.3 Å². The molecule has 0 atom stereocenters. The van der Waals surface area contributed by atoms with Crippen LogP contribution in [0.4, 0.5) is 0 Å². The van der Waals surface area contributed by atoms with Crippen molar-refractivity contribution < 1.29 is 9.90 Å². The Balaban J connectivity index is 1.76. The second-order valence-electron chi connectivity index (χ2n) is 5.37. The maximum absolute atomic E-state index is 12.7. The Morgan fingerprint density at radius 1 is 1.35 bits per heavy atom. The maximum Gasteiger partial charge on any atom is 0.355 e. The Labute approximate surface area is 138 Å². The summed E-state index contributed by atoms with van der Waals surface area (Å²) in [4.78, 5) is 29.6. The Bertz CT molecular complexity index is 972. The van der Waals surface area contributed by atoms with Gasteiger partial charge in [-0.1, -0.05) is 5.21 Å². The van der Waals surface area contributed by atoms with Crippen LogP contribution in [-0.4, -0.2) is 31.1 Å². The highest BCUT2D eigenvalue weighted by atomic mass is 32.1. The van der Waals surface area contributed by atoms with Gasteiger partial charge in [0, 0.05) is 10.3 Å². The van der Waals surface area contributed by atoms with Gasteiger partial charge in [0.25, 0.3) is 5.56 Å². The number of rotatable bonds is 3. The zero-order chi connectivity index (χ0) is 16.0. The highest BCUT2D eigenvalue weighted by molar-refractivity contribution is 7.18. The van der Waals surface area contributed by atoms with E-state index in [0.717, 1.165) is 31.2 Å². The molecule has 3 heterocycles. The van der Waals surface area contributed by atoms with Crippen LogP contribution >= 0.6 is 22.7 Å². The van der Waals surface area contributed by atoms with Crippen molar-refractivity contribution in [1.82, 2.24) is 20.0 Å². The smallest absolute Gasteiger partial charge is 0.355 e. The maximum atomic E-state index is 12.7. The van der Waals surface area contributed by atoms with Crippen molar-refractivity contribution in [1.29, 1.82) is 0 Å². The van der Waals surface area contributed by atoms with Crippen molar-refractivity contribution in [3.63, 3.8) is 0 Å². The molecule has 7 nitrogen and oxygen atoms in total. The van der Waals surface area contributed by atoms with Gasteiger partial charge in [-0.15, -0.1) is 27.8 Å². The molecule has 23 heavy (non-hydrogen) atoms. The van der Waals surface area contributed by atoms with E-state index in [-0.39, 0.29) is 17.8 Å². The number of carboxylic acids is 1. The molecule has 0 unspecified atom stereocenters. The molecule has 0 bridgehead atoms. The molecule has 1 aliphatic carbocycles. The third-order valence-corrected chi connectivity index (χ3v) is 5.91. The molecule has 1 N–H and O–H groups in total. The Hall–Kier alpha value is -2.13. The Morgan fingerprint density at radius 2 is 2.17 bits per heavy atom. The van der Waals surface area contributed by atoms with Crippen LogP contribution in [0.5, 0.6) is 0 Å². The van der Waals surface area contributed by atoms with Gasteiger partial charge in [0.05, 0.1) is 11.9 Å². The molecule has 0 spiro atoms. The fraction of sp³-hybridized carbons (Fsp3) is 0.357. The van der Waals surface area contributed by atoms with Crippen LogP contribution in [0.1, 0.15) is 38.8 Å². The molecule has 0 aliphatic heterocycles. The van der Waals surface area contributed by atoms with Crippen LogP contribution in [-0.2, 0) is 19.4 Å². The summed E-state index contributed by atoms with van der Waals surface area (Å²) >= 11 is 2.76. The number of carbonyl (C=O) groups is 1. The SMILES string of the molecule is O=C(O)c1csc(Cn2nnc3sc4c(c3c2=O)CCCC4)n1. The van der Waals surface area contributed by atoms with Gasteiger partial charge in [0.2, 0.25) is 0 Å². The molecular weight excluding hydrogens is 336 g/mol. The van der Waals surface area contributed by atoms with Crippen molar-refractivity contribution in [2.45, 2.75) is 32.2 Å². The topological polar surface area (TPSA) is 98.0 Å². The number of hydrogen-bond acceptors (Lipinski definition) is 7. The number of aryl methyl sites for hydroxylation is 2. The van der Waals surface area contributed by atoms with E-state index in [1.807, 2.05) is 0 Å². The van der Waals surface area contributed by atoms with Crippen LogP contribution in [0.3, 0.4) is 0 Å². The molecule has 0 saturated carbocycles. The zero-order valence-corrected chi connectivity index (χ0v) is 13.6. The summed E-state index contributed by atoms with van der Waals surface area (Å²) in [5.74, 6) is -1.08. The molecule has 9 heteroatoms.